The first-order chi connectivity index (χ1) is 12.8. The number of alkyl halides is 3. The van der Waals surface area contributed by atoms with Crippen molar-refractivity contribution in [3.05, 3.63) is 35.6 Å². The molecule has 1 aromatic heterocycles. The van der Waals surface area contributed by atoms with E-state index in [4.69, 9.17) is 15.0 Å². The Morgan fingerprint density at radius 1 is 1.26 bits per heavy atom. The van der Waals surface area contributed by atoms with Crippen LogP contribution < -0.4 is 10.5 Å². The molecule has 8 heteroatoms. The number of rotatable bonds is 9. The third-order valence-electron chi connectivity index (χ3n) is 4.11. The van der Waals surface area contributed by atoms with E-state index in [-0.39, 0.29) is 22.8 Å². The first kappa shape index (κ1) is 20.8. The molecule has 0 spiro atoms. The van der Waals surface area contributed by atoms with Gasteiger partial charge in [-0.3, -0.25) is 4.79 Å². The summed E-state index contributed by atoms with van der Waals surface area (Å²) in [7, 11) is 0. The maximum Gasteiger partial charge on any atom is 0.417 e. The molecule has 148 valence electrons. The maximum absolute atomic E-state index is 13.5. The second kappa shape index (κ2) is 8.92. The van der Waals surface area contributed by atoms with Crippen molar-refractivity contribution in [1.29, 1.82) is 0 Å². The van der Waals surface area contributed by atoms with Crippen molar-refractivity contribution in [1.82, 2.24) is 5.16 Å². The molecule has 0 radical (unpaired) electrons. The summed E-state index contributed by atoms with van der Waals surface area (Å²) in [5, 5.41) is 3.74. The van der Waals surface area contributed by atoms with Crippen molar-refractivity contribution in [2.75, 3.05) is 6.61 Å². The molecule has 5 nitrogen and oxygen atoms in total. The smallest absolute Gasteiger partial charge is 0.417 e. The van der Waals surface area contributed by atoms with Gasteiger partial charge in [-0.2, -0.15) is 13.2 Å². The van der Waals surface area contributed by atoms with Gasteiger partial charge >= 0.3 is 6.18 Å². The molecule has 1 unspecified atom stereocenters. The molecule has 1 aromatic carbocycles. The maximum atomic E-state index is 13.5. The van der Waals surface area contributed by atoms with E-state index in [0.29, 0.717) is 19.4 Å². The highest BCUT2D eigenvalue weighted by atomic mass is 19.4. The molecule has 2 N–H and O–H groups in total. The van der Waals surface area contributed by atoms with Crippen LogP contribution in [-0.4, -0.2) is 17.7 Å². The van der Waals surface area contributed by atoms with Gasteiger partial charge in [0.15, 0.2) is 0 Å². The number of halogens is 3. The summed E-state index contributed by atoms with van der Waals surface area (Å²) in [6.45, 7) is 4.15. The van der Waals surface area contributed by atoms with Gasteiger partial charge in [0, 0.05) is 11.6 Å². The van der Waals surface area contributed by atoms with Crippen LogP contribution in [0.25, 0.3) is 11.3 Å². The Morgan fingerprint density at radius 2 is 2.00 bits per heavy atom. The molecule has 0 fully saturated rings. The summed E-state index contributed by atoms with van der Waals surface area (Å²) in [6.07, 6.45) is -1.87. The van der Waals surface area contributed by atoms with Gasteiger partial charge in [0.25, 0.3) is 0 Å². The molecule has 2 aromatic rings. The van der Waals surface area contributed by atoms with Gasteiger partial charge in [0.1, 0.15) is 17.2 Å². The van der Waals surface area contributed by atoms with E-state index in [1.165, 1.54) is 18.2 Å². The molecular formula is C19H23F3N2O3. The molecule has 0 aliphatic heterocycles. The number of amides is 1. The predicted octanol–water partition coefficient (Wildman–Crippen LogP) is 4.91. The molecule has 0 aliphatic carbocycles. The molecule has 2 rings (SSSR count). The van der Waals surface area contributed by atoms with Crippen molar-refractivity contribution >= 4 is 5.91 Å². The molecule has 0 bridgehead atoms. The van der Waals surface area contributed by atoms with Crippen molar-refractivity contribution in [2.45, 2.75) is 51.6 Å². The number of aromatic nitrogens is 1. The lowest BCUT2D eigenvalue weighted by Crippen LogP contribution is -2.21. The van der Waals surface area contributed by atoms with Gasteiger partial charge < -0.3 is 15.0 Å². The van der Waals surface area contributed by atoms with Crippen LogP contribution >= 0.6 is 0 Å². The van der Waals surface area contributed by atoms with Crippen molar-refractivity contribution in [2.24, 2.45) is 5.73 Å². The first-order valence-electron chi connectivity index (χ1n) is 8.88. The minimum Gasteiger partial charge on any atom is -0.494 e. The second-order valence-electron chi connectivity index (χ2n) is 6.27. The SMILES string of the molecule is CCCCC(C(N)=O)c1cc(-c2ccc(OCCC)cc2C(F)(F)F)no1. The van der Waals surface area contributed by atoms with Crippen LogP contribution in [-0.2, 0) is 11.0 Å². The van der Waals surface area contributed by atoms with Crippen molar-refractivity contribution < 1.29 is 27.2 Å². The van der Waals surface area contributed by atoms with E-state index in [1.807, 2.05) is 13.8 Å². The Hall–Kier alpha value is -2.51. The Kier molecular flexibility index (Phi) is 6.87. The van der Waals surface area contributed by atoms with E-state index in [2.05, 4.69) is 5.16 Å². The molecular weight excluding hydrogens is 361 g/mol. The standard InChI is InChI=1S/C19H23F3N2O3/c1-3-5-6-14(18(23)25)17-11-16(24-27-17)13-8-7-12(26-9-4-2)10-15(13)19(20,21)22/h7-8,10-11,14H,3-6,9H2,1-2H3,(H2,23,25). The zero-order valence-corrected chi connectivity index (χ0v) is 15.3. The Balaban J connectivity index is 2.40. The monoisotopic (exact) mass is 384 g/mol. The van der Waals surface area contributed by atoms with Crippen LogP contribution in [0.2, 0.25) is 0 Å². The molecule has 1 atom stereocenters. The average Bonchev–Trinajstić information content (AvgIpc) is 3.08. The number of nitrogens with two attached hydrogens (primary N) is 1. The van der Waals surface area contributed by atoms with E-state index in [9.17, 15) is 18.0 Å². The van der Waals surface area contributed by atoms with Gasteiger partial charge in [-0.05, 0) is 31.0 Å². The predicted molar refractivity (Wildman–Crippen MR) is 94.2 cm³/mol. The Labute approximate surface area is 155 Å². The highest BCUT2D eigenvalue weighted by Crippen LogP contribution is 2.39. The minimum absolute atomic E-state index is 0.00196. The number of benzene rings is 1. The zero-order chi connectivity index (χ0) is 20.0. The van der Waals surface area contributed by atoms with Gasteiger partial charge in [-0.1, -0.05) is 31.8 Å². The average molecular weight is 384 g/mol. The van der Waals surface area contributed by atoms with Crippen LogP contribution in [0.15, 0.2) is 28.8 Å². The van der Waals surface area contributed by atoms with Gasteiger partial charge in [-0.25, -0.2) is 0 Å². The number of primary amides is 1. The number of hydrogen-bond donors (Lipinski definition) is 1. The fraction of sp³-hybridized carbons (Fsp3) is 0.474. The fourth-order valence-electron chi connectivity index (χ4n) is 2.70. The minimum atomic E-state index is -4.59. The summed E-state index contributed by atoms with van der Waals surface area (Å²) in [6, 6.07) is 5.04. The zero-order valence-electron chi connectivity index (χ0n) is 15.3. The number of nitrogens with zero attached hydrogens (tertiary/aromatic N) is 1. The van der Waals surface area contributed by atoms with E-state index in [1.54, 1.807) is 0 Å². The summed E-state index contributed by atoms with van der Waals surface area (Å²) in [5.41, 5.74) is 4.39. The van der Waals surface area contributed by atoms with Gasteiger partial charge in [0.05, 0.1) is 18.1 Å². The van der Waals surface area contributed by atoms with Gasteiger partial charge in [0.2, 0.25) is 5.91 Å². The molecule has 1 heterocycles. The van der Waals surface area contributed by atoms with Crippen molar-refractivity contribution in [3.63, 3.8) is 0 Å². The van der Waals surface area contributed by atoms with Crippen LogP contribution in [0.3, 0.4) is 0 Å². The van der Waals surface area contributed by atoms with E-state index >= 15 is 0 Å². The Bertz CT molecular complexity index is 772. The number of hydrogen-bond acceptors (Lipinski definition) is 4. The second-order valence-corrected chi connectivity index (χ2v) is 6.27. The number of ether oxygens (including phenoxy) is 1. The summed E-state index contributed by atoms with van der Waals surface area (Å²) in [4.78, 5) is 11.7. The summed E-state index contributed by atoms with van der Waals surface area (Å²) >= 11 is 0. The number of unbranched alkanes of at least 4 members (excludes halogenated alkanes) is 1. The number of carbonyl (C=O) groups excluding carboxylic acids is 1. The van der Waals surface area contributed by atoms with Crippen LogP contribution in [0.1, 0.15) is 56.8 Å². The quantitative estimate of drug-likeness (QED) is 0.666. The Morgan fingerprint density at radius 3 is 2.59 bits per heavy atom. The fourth-order valence-corrected chi connectivity index (χ4v) is 2.70. The van der Waals surface area contributed by atoms with E-state index in [0.717, 1.165) is 18.9 Å². The highest BCUT2D eigenvalue weighted by Gasteiger charge is 2.35. The van der Waals surface area contributed by atoms with Crippen LogP contribution in [0, 0.1) is 0 Å². The third kappa shape index (κ3) is 5.24. The third-order valence-corrected chi connectivity index (χ3v) is 4.11. The van der Waals surface area contributed by atoms with Crippen molar-refractivity contribution in [3.8, 4) is 17.0 Å². The lowest BCUT2D eigenvalue weighted by atomic mass is 9.97. The largest absolute Gasteiger partial charge is 0.494 e. The van der Waals surface area contributed by atoms with Gasteiger partial charge in [-0.15, -0.1) is 0 Å². The molecule has 1 amide bonds. The molecule has 27 heavy (non-hydrogen) atoms. The normalized spacial score (nSPS) is 12.8. The first-order valence-corrected chi connectivity index (χ1v) is 8.88. The lowest BCUT2D eigenvalue weighted by Gasteiger charge is -2.13. The molecule has 0 aliphatic rings. The summed E-state index contributed by atoms with van der Waals surface area (Å²) < 4.78 is 51.0. The van der Waals surface area contributed by atoms with E-state index < -0.39 is 23.6 Å². The highest BCUT2D eigenvalue weighted by molar-refractivity contribution is 5.81. The molecule has 0 saturated carbocycles. The molecule has 0 saturated heterocycles. The summed E-state index contributed by atoms with van der Waals surface area (Å²) in [5.74, 6) is -1.00. The van der Waals surface area contributed by atoms with Crippen LogP contribution in [0.4, 0.5) is 13.2 Å². The number of carbonyl (C=O) groups is 1. The topological polar surface area (TPSA) is 78.4 Å². The lowest BCUT2D eigenvalue weighted by molar-refractivity contribution is -0.137. The van der Waals surface area contributed by atoms with Crippen LogP contribution in [0.5, 0.6) is 5.75 Å².